The molecule has 5 nitrogen and oxygen atoms in total. The van der Waals surface area contributed by atoms with Crippen LogP contribution in [0, 0.1) is 12.7 Å². The van der Waals surface area contributed by atoms with Crippen molar-refractivity contribution in [2.24, 2.45) is 0 Å². The van der Waals surface area contributed by atoms with E-state index in [4.69, 9.17) is 15.0 Å². The summed E-state index contributed by atoms with van der Waals surface area (Å²) in [7, 11) is 0. The van der Waals surface area contributed by atoms with Crippen LogP contribution in [0.4, 0.5) is 10.1 Å². The third-order valence-electron chi connectivity index (χ3n) is 5.54. The highest BCUT2D eigenvalue weighted by Crippen LogP contribution is 2.33. The molecule has 0 saturated carbocycles. The summed E-state index contributed by atoms with van der Waals surface area (Å²) in [5, 5.41) is 5.15. The molecule has 1 aliphatic heterocycles. The lowest BCUT2D eigenvalue weighted by Gasteiger charge is -2.31. The van der Waals surface area contributed by atoms with E-state index in [1.807, 2.05) is 25.1 Å². The van der Waals surface area contributed by atoms with Crippen molar-refractivity contribution in [1.82, 2.24) is 10.1 Å². The summed E-state index contributed by atoms with van der Waals surface area (Å²) in [4.78, 5) is 2.46. The fourth-order valence-electron chi connectivity index (χ4n) is 3.99. The molecule has 0 unspecified atom stereocenters. The van der Waals surface area contributed by atoms with Gasteiger partial charge in [-0.2, -0.15) is 0 Å². The van der Waals surface area contributed by atoms with E-state index in [-0.39, 0.29) is 5.82 Å². The van der Waals surface area contributed by atoms with Crippen molar-refractivity contribution >= 4 is 16.7 Å². The van der Waals surface area contributed by atoms with Crippen LogP contribution in [0.25, 0.3) is 11.0 Å². The molecule has 2 heterocycles. The summed E-state index contributed by atoms with van der Waals surface area (Å²) in [6.45, 7) is 5.72. The van der Waals surface area contributed by atoms with Crippen LogP contribution in [-0.2, 0) is 0 Å². The summed E-state index contributed by atoms with van der Waals surface area (Å²) >= 11 is 0. The average Bonchev–Trinajstić information content (AvgIpc) is 3.10. The van der Waals surface area contributed by atoms with Gasteiger partial charge in [-0.05, 0) is 63.0 Å². The molecule has 0 atom stereocenters. The fraction of sp³-hybridized carbons (Fsp3) is 0.409. The molecule has 6 heteroatoms. The number of nitrogen functional groups attached to an aromatic ring is 1. The predicted molar refractivity (Wildman–Crippen MR) is 108 cm³/mol. The normalized spacial score (nSPS) is 15.9. The number of nitrogens with zero attached hydrogens (tertiary/aromatic N) is 2. The summed E-state index contributed by atoms with van der Waals surface area (Å²) in [6, 6.07) is 10.5. The smallest absolute Gasteiger partial charge is 0.170 e. The summed E-state index contributed by atoms with van der Waals surface area (Å²) in [5.74, 6) is 0.876. The number of benzene rings is 2. The fourth-order valence-corrected chi connectivity index (χ4v) is 3.99. The zero-order valence-corrected chi connectivity index (χ0v) is 16.2. The molecule has 0 amide bonds. The van der Waals surface area contributed by atoms with Crippen LogP contribution in [0.15, 0.2) is 40.9 Å². The van der Waals surface area contributed by atoms with Crippen LogP contribution in [0.5, 0.6) is 5.75 Å². The Morgan fingerprint density at radius 1 is 1.25 bits per heavy atom. The van der Waals surface area contributed by atoms with Crippen LogP contribution < -0.4 is 10.5 Å². The van der Waals surface area contributed by atoms with Gasteiger partial charge in [0.15, 0.2) is 5.58 Å². The molecule has 28 heavy (non-hydrogen) atoms. The van der Waals surface area contributed by atoms with Crippen LogP contribution >= 0.6 is 0 Å². The van der Waals surface area contributed by atoms with Crippen molar-refractivity contribution in [2.45, 2.75) is 32.1 Å². The van der Waals surface area contributed by atoms with Crippen LogP contribution in [0.1, 0.15) is 36.4 Å². The second-order valence-electron chi connectivity index (χ2n) is 7.52. The quantitative estimate of drug-likeness (QED) is 0.501. The lowest BCUT2D eigenvalue weighted by molar-refractivity contribution is 0.191. The number of para-hydroxylation sites is 1. The van der Waals surface area contributed by atoms with Crippen molar-refractivity contribution < 1.29 is 13.7 Å². The number of ether oxygens (including phenoxy) is 1. The Balaban J connectivity index is 1.25. The Labute approximate surface area is 164 Å². The van der Waals surface area contributed by atoms with Crippen molar-refractivity contribution in [3.63, 3.8) is 0 Å². The highest BCUT2D eigenvalue weighted by molar-refractivity contribution is 5.79. The maximum absolute atomic E-state index is 13.3. The molecular weight excluding hydrogens is 357 g/mol. The van der Waals surface area contributed by atoms with Gasteiger partial charge < -0.3 is 19.9 Å². The van der Waals surface area contributed by atoms with Gasteiger partial charge in [0, 0.05) is 23.9 Å². The van der Waals surface area contributed by atoms with Gasteiger partial charge in [0.1, 0.15) is 11.6 Å². The van der Waals surface area contributed by atoms with Gasteiger partial charge in [0.2, 0.25) is 0 Å². The van der Waals surface area contributed by atoms with Gasteiger partial charge in [-0.1, -0.05) is 17.3 Å². The minimum Gasteiger partial charge on any atom is -0.491 e. The van der Waals surface area contributed by atoms with Gasteiger partial charge in [0.25, 0.3) is 0 Å². The van der Waals surface area contributed by atoms with E-state index < -0.39 is 0 Å². The zero-order valence-electron chi connectivity index (χ0n) is 16.2. The molecular formula is C22H26FN3O2. The number of likely N-dealkylation sites (tertiary alicyclic amines) is 1. The zero-order chi connectivity index (χ0) is 19.5. The standard InChI is InChI=1S/C22H26FN3O2/c1-15-4-2-5-19(24)22(15)27-13-3-10-26-11-8-16(9-12-26)21-18-7-6-17(23)14-20(18)28-25-21/h2,4-7,14,16H,3,8-13,24H2,1H3. The molecule has 0 radical (unpaired) electrons. The molecule has 2 aromatic carbocycles. The Hall–Kier alpha value is -2.60. The first kappa shape index (κ1) is 18.7. The number of halogens is 1. The van der Waals surface area contributed by atoms with E-state index in [1.165, 1.54) is 12.1 Å². The van der Waals surface area contributed by atoms with E-state index >= 15 is 0 Å². The first-order chi connectivity index (χ1) is 13.6. The van der Waals surface area contributed by atoms with E-state index in [9.17, 15) is 4.39 Å². The third-order valence-corrected chi connectivity index (χ3v) is 5.54. The molecule has 1 aliphatic rings. The molecule has 1 saturated heterocycles. The maximum atomic E-state index is 13.3. The molecule has 4 rings (SSSR count). The number of rotatable bonds is 6. The lowest BCUT2D eigenvalue weighted by Crippen LogP contribution is -2.34. The van der Waals surface area contributed by atoms with Crippen molar-refractivity contribution in [2.75, 3.05) is 32.0 Å². The number of aromatic nitrogens is 1. The first-order valence-corrected chi connectivity index (χ1v) is 9.87. The highest BCUT2D eigenvalue weighted by atomic mass is 19.1. The molecule has 1 fully saturated rings. The lowest BCUT2D eigenvalue weighted by atomic mass is 9.91. The van der Waals surface area contributed by atoms with Crippen molar-refractivity contribution in [1.29, 1.82) is 0 Å². The molecule has 2 N–H and O–H groups in total. The number of nitrogens with two attached hydrogens (primary N) is 1. The first-order valence-electron chi connectivity index (χ1n) is 9.87. The minimum absolute atomic E-state index is 0.292. The topological polar surface area (TPSA) is 64.5 Å². The second-order valence-corrected chi connectivity index (χ2v) is 7.52. The molecule has 0 bridgehead atoms. The summed E-state index contributed by atoms with van der Waals surface area (Å²) in [6.07, 6.45) is 3.03. The van der Waals surface area contributed by atoms with Gasteiger partial charge in [-0.3, -0.25) is 0 Å². The van der Waals surface area contributed by atoms with Gasteiger partial charge in [-0.15, -0.1) is 0 Å². The SMILES string of the molecule is Cc1cccc(N)c1OCCCN1CCC(c2noc3cc(F)ccc23)CC1. The Bertz CT molecular complexity index is 928. The molecule has 0 aliphatic carbocycles. The number of fused-ring (bicyclic) bond motifs is 1. The van der Waals surface area contributed by atoms with Crippen molar-refractivity contribution in [3.05, 3.63) is 53.5 Å². The van der Waals surface area contributed by atoms with Gasteiger partial charge in [0.05, 0.1) is 18.0 Å². The summed E-state index contributed by atoms with van der Waals surface area (Å²) in [5.41, 5.74) is 9.25. The number of hydrogen-bond donors (Lipinski definition) is 1. The Kier molecular flexibility index (Phi) is 5.48. The Morgan fingerprint density at radius 2 is 2.07 bits per heavy atom. The number of aryl methyl sites for hydroxylation is 1. The molecule has 148 valence electrons. The van der Waals surface area contributed by atoms with Gasteiger partial charge >= 0.3 is 0 Å². The maximum Gasteiger partial charge on any atom is 0.170 e. The van der Waals surface area contributed by atoms with E-state index in [2.05, 4.69) is 10.1 Å². The van der Waals surface area contributed by atoms with E-state index in [0.29, 0.717) is 23.8 Å². The van der Waals surface area contributed by atoms with Crippen molar-refractivity contribution in [3.8, 4) is 5.75 Å². The summed E-state index contributed by atoms with van der Waals surface area (Å²) < 4.78 is 24.5. The van der Waals surface area contributed by atoms with E-state index in [1.54, 1.807) is 6.07 Å². The number of anilines is 1. The van der Waals surface area contributed by atoms with Crippen LogP contribution in [0.2, 0.25) is 0 Å². The predicted octanol–water partition coefficient (Wildman–Crippen LogP) is 4.51. The van der Waals surface area contributed by atoms with Crippen LogP contribution in [0.3, 0.4) is 0 Å². The monoisotopic (exact) mass is 383 g/mol. The van der Waals surface area contributed by atoms with Crippen LogP contribution in [-0.4, -0.2) is 36.3 Å². The second kappa shape index (κ2) is 8.19. The number of piperidine rings is 1. The largest absolute Gasteiger partial charge is 0.491 e. The minimum atomic E-state index is -0.292. The number of hydrogen-bond acceptors (Lipinski definition) is 5. The molecule has 3 aromatic rings. The third kappa shape index (κ3) is 3.97. The highest BCUT2D eigenvalue weighted by Gasteiger charge is 2.25. The Morgan fingerprint density at radius 3 is 2.86 bits per heavy atom. The molecule has 0 spiro atoms. The average molecular weight is 383 g/mol. The molecule has 1 aromatic heterocycles. The van der Waals surface area contributed by atoms with E-state index in [0.717, 1.165) is 61.3 Å². The van der Waals surface area contributed by atoms with Gasteiger partial charge in [-0.25, -0.2) is 4.39 Å².